The molecule has 0 N–H and O–H groups in total. The molecule has 4 heterocycles. The Bertz CT molecular complexity index is 2120. The number of piperazine rings is 1. The van der Waals surface area contributed by atoms with Gasteiger partial charge in [-0.2, -0.15) is 5.26 Å². The van der Waals surface area contributed by atoms with E-state index < -0.39 is 0 Å². The second-order valence-corrected chi connectivity index (χ2v) is 12.3. The fourth-order valence-corrected chi connectivity index (χ4v) is 6.42. The molecule has 1 saturated carbocycles. The highest BCUT2D eigenvalue weighted by atomic mass is 16.5. The molecule has 3 aromatic heterocycles. The van der Waals surface area contributed by atoms with Crippen molar-refractivity contribution in [2.75, 3.05) is 38.3 Å². The quantitative estimate of drug-likeness (QED) is 0.184. The van der Waals surface area contributed by atoms with Crippen molar-refractivity contribution in [3.63, 3.8) is 0 Å². The Morgan fingerprint density at radius 3 is 2.50 bits per heavy atom. The van der Waals surface area contributed by atoms with E-state index in [1.165, 1.54) is 0 Å². The van der Waals surface area contributed by atoms with Crippen LogP contribution < -0.4 is 4.90 Å². The smallest absolute Gasteiger partial charge is 0.225 e. The SMILES string of the molecule is C=Cc1cnc2c(C=Cc3cnc4c(-c5cc(C#N)c(N6CCN(C(=O)CCOC)C(C)C6)nc5C5CC5)cccc4n3)cccc2n1. The van der Waals surface area contributed by atoms with Gasteiger partial charge in [-0.1, -0.05) is 36.9 Å². The average Bonchev–Trinajstić information content (AvgIpc) is 3.97. The van der Waals surface area contributed by atoms with Crippen molar-refractivity contribution in [3.8, 4) is 17.2 Å². The maximum atomic E-state index is 12.7. The Hall–Kier alpha value is -5.53. The van der Waals surface area contributed by atoms with E-state index >= 15 is 0 Å². The van der Waals surface area contributed by atoms with Crippen LogP contribution in [0.4, 0.5) is 5.82 Å². The number of para-hydroxylation sites is 2. The standard InChI is InChI=1S/C38H36N8O2/c1-4-28-21-40-36-25(7-5-9-32(36)42-28)13-14-29-22-41-37-30(8-6-10-33(37)43-29)31-19-27(20-39)38(44-35(31)26-11-12-26)45-16-17-46(24(2)23-45)34(47)15-18-48-3/h4-10,13-14,19,21-22,24,26H,1,11-12,15-18,23H2,2-3H3. The maximum absolute atomic E-state index is 12.7. The van der Waals surface area contributed by atoms with Gasteiger partial charge < -0.3 is 14.5 Å². The summed E-state index contributed by atoms with van der Waals surface area (Å²) in [5.74, 6) is 1.11. The number of carbonyl (C=O) groups is 1. The van der Waals surface area contributed by atoms with Crippen molar-refractivity contribution in [1.29, 1.82) is 5.26 Å². The molecule has 2 aromatic carbocycles. The highest BCUT2D eigenvalue weighted by Crippen LogP contribution is 2.46. The van der Waals surface area contributed by atoms with Gasteiger partial charge in [-0.3, -0.25) is 14.8 Å². The monoisotopic (exact) mass is 636 g/mol. The first-order valence-electron chi connectivity index (χ1n) is 16.3. The molecule has 1 atom stereocenters. The van der Waals surface area contributed by atoms with Gasteiger partial charge in [0.15, 0.2) is 0 Å². The summed E-state index contributed by atoms with van der Waals surface area (Å²) >= 11 is 0. The predicted octanol–water partition coefficient (Wildman–Crippen LogP) is 6.27. The van der Waals surface area contributed by atoms with Crippen molar-refractivity contribution < 1.29 is 9.53 Å². The number of carbonyl (C=O) groups excluding carboxylic acids is 1. The Labute approximate surface area is 279 Å². The minimum Gasteiger partial charge on any atom is -0.384 e. The fourth-order valence-electron chi connectivity index (χ4n) is 6.42. The van der Waals surface area contributed by atoms with Crippen LogP contribution in [0.25, 0.3) is 51.4 Å². The number of nitriles is 1. The fraction of sp³-hybridized carbons (Fsp3) is 0.289. The van der Waals surface area contributed by atoms with E-state index in [0.29, 0.717) is 50.0 Å². The largest absolute Gasteiger partial charge is 0.384 e. The van der Waals surface area contributed by atoms with Crippen molar-refractivity contribution >= 4 is 52.0 Å². The maximum Gasteiger partial charge on any atom is 0.225 e. The zero-order valence-corrected chi connectivity index (χ0v) is 27.1. The molecule has 1 aliphatic heterocycles. The molecule has 240 valence electrons. The van der Waals surface area contributed by atoms with E-state index in [9.17, 15) is 10.1 Å². The van der Waals surface area contributed by atoms with Gasteiger partial charge in [0.25, 0.3) is 0 Å². The van der Waals surface area contributed by atoms with Gasteiger partial charge in [0.1, 0.15) is 11.9 Å². The molecule has 0 radical (unpaired) electrons. The van der Waals surface area contributed by atoms with Crippen LogP contribution in [0.5, 0.6) is 0 Å². The molecular weight excluding hydrogens is 600 g/mol. The number of methoxy groups -OCH3 is 1. The number of fused-ring (bicyclic) bond motifs is 2. The third-order valence-electron chi connectivity index (χ3n) is 9.03. The number of pyridine rings is 1. The molecule has 5 aromatic rings. The Morgan fingerprint density at radius 1 is 1.00 bits per heavy atom. The summed E-state index contributed by atoms with van der Waals surface area (Å²) < 4.78 is 5.11. The van der Waals surface area contributed by atoms with Gasteiger partial charge in [-0.25, -0.2) is 15.0 Å². The summed E-state index contributed by atoms with van der Waals surface area (Å²) in [5.41, 5.74) is 8.86. The number of hydrogen-bond donors (Lipinski definition) is 0. The topological polar surface area (TPSA) is 121 Å². The Morgan fingerprint density at radius 2 is 1.75 bits per heavy atom. The summed E-state index contributed by atoms with van der Waals surface area (Å²) in [6, 6.07) is 16.3. The first kappa shape index (κ1) is 31.1. The van der Waals surface area contributed by atoms with Crippen LogP contribution >= 0.6 is 0 Å². The Balaban J connectivity index is 1.20. The molecule has 10 nitrogen and oxygen atoms in total. The van der Waals surface area contributed by atoms with E-state index in [1.807, 2.05) is 66.4 Å². The van der Waals surface area contributed by atoms with E-state index in [1.54, 1.807) is 25.6 Å². The van der Waals surface area contributed by atoms with E-state index in [2.05, 4.69) is 27.5 Å². The highest BCUT2D eigenvalue weighted by Gasteiger charge is 2.33. The molecule has 1 amide bonds. The van der Waals surface area contributed by atoms with Crippen molar-refractivity contribution in [2.45, 2.75) is 38.1 Å². The number of anilines is 1. The van der Waals surface area contributed by atoms with Gasteiger partial charge >= 0.3 is 0 Å². The van der Waals surface area contributed by atoms with Crippen molar-refractivity contribution in [3.05, 3.63) is 89.6 Å². The zero-order chi connectivity index (χ0) is 33.2. The van der Waals surface area contributed by atoms with E-state index in [0.717, 1.165) is 68.7 Å². The van der Waals surface area contributed by atoms with Crippen LogP contribution in [-0.2, 0) is 9.53 Å². The second-order valence-electron chi connectivity index (χ2n) is 12.3. The number of ether oxygens (including phenoxy) is 1. The summed E-state index contributed by atoms with van der Waals surface area (Å²) in [4.78, 5) is 40.9. The van der Waals surface area contributed by atoms with Gasteiger partial charge in [0, 0.05) is 55.4 Å². The number of aromatic nitrogens is 5. The molecule has 0 bridgehead atoms. The number of rotatable bonds is 9. The first-order valence-corrected chi connectivity index (χ1v) is 16.3. The molecule has 0 spiro atoms. The van der Waals surface area contributed by atoms with Crippen LogP contribution in [-0.4, -0.2) is 75.1 Å². The summed E-state index contributed by atoms with van der Waals surface area (Å²) in [5, 5.41) is 10.3. The second kappa shape index (κ2) is 13.3. The van der Waals surface area contributed by atoms with Crippen molar-refractivity contribution in [1.82, 2.24) is 29.8 Å². The van der Waals surface area contributed by atoms with Crippen LogP contribution in [0.3, 0.4) is 0 Å². The molecular formula is C38H36N8O2. The number of amides is 1. The van der Waals surface area contributed by atoms with Crippen molar-refractivity contribution in [2.24, 2.45) is 0 Å². The third kappa shape index (κ3) is 6.12. The lowest BCUT2D eigenvalue weighted by Crippen LogP contribution is -2.54. The molecule has 7 rings (SSSR count). The molecule has 1 aliphatic carbocycles. The zero-order valence-electron chi connectivity index (χ0n) is 27.1. The molecule has 1 unspecified atom stereocenters. The highest BCUT2D eigenvalue weighted by molar-refractivity contribution is 5.94. The van der Waals surface area contributed by atoms with Gasteiger partial charge in [0.2, 0.25) is 5.91 Å². The molecule has 2 fully saturated rings. The molecule has 2 aliphatic rings. The number of hydrogen-bond acceptors (Lipinski definition) is 9. The minimum atomic E-state index is -0.00394. The normalized spacial score (nSPS) is 16.5. The lowest BCUT2D eigenvalue weighted by Gasteiger charge is -2.41. The molecule has 48 heavy (non-hydrogen) atoms. The van der Waals surface area contributed by atoms with Gasteiger partial charge in [-0.15, -0.1) is 0 Å². The Kier molecular flexibility index (Phi) is 8.61. The lowest BCUT2D eigenvalue weighted by atomic mass is 9.97. The van der Waals surface area contributed by atoms with Crippen LogP contribution in [0.2, 0.25) is 0 Å². The number of nitrogens with zero attached hydrogens (tertiary/aromatic N) is 8. The van der Waals surface area contributed by atoms with Crippen LogP contribution in [0.15, 0.2) is 61.4 Å². The first-order chi connectivity index (χ1) is 23.5. The molecule has 1 saturated heterocycles. The molecule has 10 heteroatoms. The minimum absolute atomic E-state index is 0.00394. The predicted molar refractivity (Wildman–Crippen MR) is 188 cm³/mol. The third-order valence-corrected chi connectivity index (χ3v) is 9.03. The summed E-state index contributed by atoms with van der Waals surface area (Å²) in [6.45, 7) is 8.05. The van der Waals surface area contributed by atoms with E-state index in [4.69, 9.17) is 19.7 Å². The summed E-state index contributed by atoms with van der Waals surface area (Å²) in [7, 11) is 1.61. The van der Waals surface area contributed by atoms with E-state index in [-0.39, 0.29) is 11.9 Å². The van der Waals surface area contributed by atoms with Gasteiger partial charge in [0.05, 0.1) is 70.1 Å². The van der Waals surface area contributed by atoms with Crippen LogP contribution in [0, 0.1) is 11.3 Å². The van der Waals surface area contributed by atoms with Crippen LogP contribution in [0.1, 0.15) is 60.3 Å². The average molecular weight is 637 g/mol. The van der Waals surface area contributed by atoms with Gasteiger partial charge in [-0.05, 0) is 50.1 Å². The summed E-state index contributed by atoms with van der Waals surface area (Å²) in [6.07, 6.45) is 11.6. The number of benzene rings is 2. The lowest BCUT2D eigenvalue weighted by molar-refractivity contribution is -0.134.